The van der Waals surface area contributed by atoms with E-state index in [1.54, 1.807) is 17.0 Å². The molecule has 26 heavy (non-hydrogen) atoms. The van der Waals surface area contributed by atoms with E-state index in [9.17, 15) is 14.4 Å². The van der Waals surface area contributed by atoms with Crippen molar-refractivity contribution in [1.29, 1.82) is 0 Å². The number of Topliss-reactive ketones (excluding diaryl/α,β-unsaturated/α-hetero) is 1. The van der Waals surface area contributed by atoms with Crippen molar-refractivity contribution in [2.24, 2.45) is 5.92 Å². The van der Waals surface area contributed by atoms with Crippen molar-refractivity contribution in [3.05, 3.63) is 57.2 Å². The highest BCUT2D eigenvalue weighted by atomic mass is 35.5. The van der Waals surface area contributed by atoms with Gasteiger partial charge in [0.05, 0.1) is 21.2 Å². The number of hydrogen-bond acceptors (Lipinski definition) is 5. The molecule has 2 heterocycles. The van der Waals surface area contributed by atoms with Crippen LogP contribution in [0.2, 0.25) is 4.34 Å². The predicted molar refractivity (Wildman–Crippen MR) is 99.3 cm³/mol. The number of likely N-dealkylation sites (tertiary alicyclic amines) is 1. The quantitative estimate of drug-likeness (QED) is 0.556. The van der Waals surface area contributed by atoms with Crippen LogP contribution in [-0.2, 0) is 14.3 Å². The lowest BCUT2D eigenvalue weighted by atomic mass is 10.1. The van der Waals surface area contributed by atoms with Gasteiger partial charge in [0, 0.05) is 13.0 Å². The normalized spacial score (nSPS) is 18.0. The van der Waals surface area contributed by atoms with Crippen molar-refractivity contribution < 1.29 is 19.1 Å². The lowest BCUT2D eigenvalue weighted by Crippen LogP contribution is -2.30. The Hall–Kier alpha value is -2.18. The zero-order valence-corrected chi connectivity index (χ0v) is 15.8. The van der Waals surface area contributed by atoms with Crippen molar-refractivity contribution in [3.8, 4) is 0 Å². The molecule has 5 nitrogen and oxygen atoms in total. The first-order chi connectivity index (χ1) is 12.5. The number of hydrogen-bond donors (Lipinski definition) is 0. The summed E-state index contributed by atoms with van der Waals surface area (Å²) in [6.07, 6.45) is 0.106. The van der Waals surface area contributed by atoms with Gasteiger partial charge in [0.2, 0.25) is 11.7 Å². The molecule has 136 valence electrons. The van der Waals surface area contributed by atoms with Crippen LogP contribution in [-0.4, -0.2) is 35.7 Å². The Morgan fingerprint density at radius 2 is 2.00 bits per heavy atom. The summed E-state index contributed by atoms with van der Waals surface area (Å²) in [5.74, 6) is -1.45. The molecule has 0 bridgehead atoms. The van der Waals surface area contributed by atoms with E-state index in [1.807, 2.05) is 37.3 Å². The van der Waals surface area contributed by atoms with Crippen LogP contribution in [0.4, 0.5) is 0 Å². The summed E-state index contributed by atoms with van der Waals surface area (Å²) in [4.78, 5) is 38.7. The van der Waals surface area contributed by atoms with Crippen molar-refractivity contribution in [2.75, 3.05) is 13.2 Å². The average molecular weight is 392 g/mol. The fraction of sp³-hybridized carbons (Fsp3) is 0.316. The smallest absolute Gasteiger partial charge is 0.311 e. The zero-order valence-electron chi connectivity index (χ0n) is 14.2. The average Bonchev–Trinajstić information content (AvgIpc) is 3.25. The first-order valence-corrected chi connectivity index (χ1v) is 9.44. The summed E-state index contributed by atoms with van der Waals surface area (Å²) >= 11 is 6.94. The molecular formula is C19H18ClNO4S. The first kappa shape index (κ1) is 18.6. The molecule has 2 aromatic rings. The number of carbonyl (C=O) groups is 3. The number of rotatable bonds is 6. The van der Waals surface area contributed by atoms with Crippen LogP contribution < -0.4 is 0 Å². The molecule has 0 aliphatic carbocycles. The third-order valence-corrected chi connectivity index (χ3v) is 5.71. The molecule has 2 atom stereocenters. The van der Waals surface area contributed by atoms with Gasteiger partial charge in [-0.25, -0.2) is 0 Å². The molecule has 1 aliphatic rings. The monoisotopic (exact) mass is 391 g/mol. The van der Waals surface area contributed by atoms with E-state index in [0.29, 0.717) is 15.8 Å². The Bertz CT molecular complexity index is 820. The lowest BCUT2D eigenvalue weighted by Gasteiger charge is -2.25. The lowest BCUT2D eigenvalue weighted by molar-refractivity contribution is -0.147. The molecule has 0 radical (unpaired) electrons. The summed E-state index contributed by atoms with van der Waals surface area (Å²) in [7, 11) is 0. The molecule has 0 spiro atoms. The molecule has 1 fully saturated rings. The van der Waals surface area contributed by atoms with E-state index in [2.05, 4.69) is 0 Å². The van der Waals surface area contributed by atoms with Crippen LogP contribution in [0.3, 0.4) is 0 Å². The van der Waals surface area contributed by atoms with E-state index in [-0.39, 0.29) is 30.8 Å². The van der Waals surface area contributed by atoms with E-state index in [4.69, 9.17) is 16.3 Å². The van der Waals surface area contributed by atoms with Gasteiger partial charge in [-0.1, -0.05) is 41.9 Å². The van der Waals surface area contributed by atoms with Gasteiger partial charge in [-0.2, -0.15) is 0 Å². The number of amides is 1. The molecule has 1 aromatic carbocycles. The Morgan fingerprint density at radius 1 is 1.27 bits per heavy atom. The second kappa shape index (κ2) is 8.01. The summed E-state index contributed by atoms with van der Waals surface area (Å²) < 4.78 is 5.64. The van der Waals surface area contributed by atoms with E-state index in [0.717, 1.165) is 16.9 Å². The number of carbonyl (C=O) groups excluding carboxylic acids is 3. The fourth-order valence-corrected chi connectivity index (χ4v) is 3.93. The van der Waals surface area contributed by atoms with Crippen LogP contribution in [0.25, 0.3) is 0 Å². The molecule has 0 unspecified atom stereocenters. The molecule has 3 rings (SSSR count). The minimum Gasteiger partial charge on any atom is -0.457 e. The minimum atomic E-state index is -0.548. The third-order valence-electron chi connectivity index (χ3n) is 4.43. The molecule has 0 saturated carbocycles. The van der Waals surface area contributed by atoms with E-state index >= 15 is 0 Å². The maximum Gasteiger partial charge on any atom is 0.311 e. The van der Waals surface area contributed by atoms with Gasteiger partial charge >= 0.3 is 5.97 Å². The van der Waals surface area contributed by atoms with Gasteiger partial charge in [-0.15, -0.1) is 11.3 Å². The number of benzene rings is 1. The molecule has 1 aromatic heterocycles. The first-order valence-electron chi connectivity index (χ1n) is 8.25. The largest absolute Gasteiger partial charge is 0.457 e. The number of thiophene rings is 1. The second-order valence-corrected chi connectivity index (χ2v) is 7.88. The third kappa shape index (κ3) is 4.14. The van der Waals surface area contributed by atoms with E-state index < -0.39 is 11.9 Å². The van der Waals surface area contributed by atoms with Gasteiger partial charge < -0.3 is 9.64 Å². The summed E-state index contributed by atoms with van der Waals surface area (Å²) in [6.45, 7) is 1.90. The van der Waals surface area contributed by atoms with Crippen LogP contribution in [0, 0.1) is 5.92 Å². The van der Waals surface area contributed by atoms with E-state index in [1.165, 1.54) is 0 Å². The summed E-state index contributed by atoms with van der Waals surface area (Å²) in [5, 5.41) is 0. The molecular weight excluding hydrogens is 374 g/mol. The zero-order chi connectivity index (χ0) is 18.7. The standard InChI is InChI=1S/C19H18ClNO4S/c1-12(13-5-3-2-4-6-13)21-10-14(9-18(21)23)19(24)25-11-15(22)16-7-8-17(20)26-16/h2-8,12,14H,9-11H2,1H3/t12-,14+/m0/s1. The van der Waals surface area contributed by atoms with Crippen molar-refractivity contribution in [1.82, 2.24) is 4.90 Å². The summed E-state index contributed by atoms with van der Waals surface area (Å²) in [5.41, 5.74) is 1.01. The molecule has 7 heteroatoms. The number of ether oxygens (including phenoxy) is 1. The minimum absolute atomic E-state index is 0.0836. The van der Waals surface area contributed by atoms with Crippen LogP contribution in [0.1, 0.15) is 34.6 Å². The highest BCUT2D eigenvalue weighted by Gasteiger charge is 2.38. The Labute approximate surface area is 160 Å². The molecule has 0 N–H and O–H groups in total. The summed E-state index contributed by atoms with van der Waals surface area (Å²) in [6, 6.07) is 12.8. The predicted octanol–water partition coefficient (Wildman–Crippen LogP) is 3.74. The molecule has 1 saturated heterocycles. The van der Waals surface area contributed by atoms with Gasteiger partial charge in [0.15, 0.2) is 6.61 Å². The molecule has 1 amide bonds. The van der Waals surface area contributed by atoms with Gasteiger partial charge in [-0.3, -0.25) is 14.4 Å². The van der Waals surface area contributed by atoms with Gasteiger partial charge in [-0.05, 0) is 24.6 Å². The highest BCUT2D eigenvalue weighted by Crippen LogP contribution is 2.29. The highest BCUT2D eigenvalue weighted by molar-refractivity contribution is 7.18. The van der Waals surface area contributed by atoms with Crippen LogP contribution in [0.15, 0.2) is 42.5 Å². The second-order valence-electron chi connectivity index (χ2n) is 6.17. The topological polar surface area (TPSA) is 63.7 Å². The van der Waals surface area contributed by atoms with Crippen LogP contribution >= 0.6 is 22.9 Å². The maximum absolute atomic E-state index is 12.3. The maximum atomic E-state index is 12.3. The van der Waals surface area contributed by atoms with Crippen LogP contribution in [0.5, 0.6) is 0 Å². The van der Waals surface area contributed by atoms with Crippen molar-refractivity contribution in [2.45, 2.75) is 19.4 Å². The van der Waals surface area contributed by atoms with Crippen molar-refractivity contribution in [3.63, 3.8) is 0 Å². The van der Waals surface area contributed by atoms with Gasteiger partial charge in [0.25, 0.3) is 0 Å². The number of ketones is 1. The Kier molecular flexibility index (Phi) is 5.74. The Morgan fingerprint density at radius 3 is 2.65 bits per heavy atom. The number of esters is 1. The number of halogens is 1. The molecule has 1 aliphatic heterocycles. The Balaban J connectivity index is 1.56. The van der Waals surface area contributed by atoms with Gasteiger partial charge in [0.1, 0.15) is 0 Å². The SMILES string of the molecule is C[C@@H](c1ccccc1)N1C[C@H](C(=O)OCC(=O)c2ccc(Cl)s2)CC1=O. The number of nitrogens with zero attached hydrogens (tertiary/aromatic N) is 1. The fourth-order valence-electron chi connectivity index (χ4n) is 2.97. The van der Waals surface area contributed by atoms with Crippen molar-refractivity contribution >= 4 is 40.6 Å².